The summed E-state index contributed by atoms with van der Waals surface area (Å²) in [7, 11) is 3.03. The maximum atomic E-state index is 14.3. The van der Waals surface area contributed by atoms with E-state index < -0.39 is 60.3 Å². The minimum absolute atomic E-state index is 0.0277. The number of aliphatic hydroxyl groups is 1. The van der Waals surface area contributed by atoms with Gasteiger partial charge in [-0.3, -0.25) is 14.4 Å². The Bertz CT molecular complexity index is 1480. The van der Waals surface area contributed by atoms with Gasteiger partial charge in [0.2, 0.25) is 17.7 Å². The molecule has 7 atom stereocenters. The minimum atomic E-state index is -1.16. The molecule has 1 aliphatic carbocycles. The number of methoxy groups -OCH3 is 2. The summed E-state index contributed by atoms with van der Waals surface area (Å²) in [6.45, 7) is 3.05. The van der Waals surface area contributed by atoms with E-state index in [9.17, 15) is 24.3 Å². The van der Waals surface area contributed by atoms with Crippen molar-refractivity contribution in [2.45, 2.75) is 101 Å². The van der Waals surface area contributed by atoms with Gasteiger partial charge in [-0.05, 0) is 31.2 Å². The summed E-state index contributed by atoms with van der Waals surface area (Å²) in [6, 6.07) is 7.60. The van der Waals surface area contributed by atoms with E-state index in [1.807, 2.05) is 37.3 Å². The summed E-state index contributed by atoms with van der Waals surface area (Å²) in [5.41, 5.74) is 1.47. The highest BCUT2D eigenvalue weighted by Crippen LogP contribution is 2.30. The van der Waals surface area contributed by atoms with Crippen molar-refractivity contribution >= 4 is 23.8 Å². The summed E-state index contributed by atoms with van der Waals surface area (Å²) in [4.78, 5) is 65.2. The van der Waals surface area contributed by atoms with E-state index in [0.29, 0.717) is 18.7 Å². The standard InChI is InChI=1S/C39H58N6O10/c1-4-44-22-34(55-39(44)50)36(47)30(16-27-13-9-6-10-14-27)42-38(49)31(18-29-19-40-23-41-29)43-37(48)28(15-26-11-7-5-8-12-26)17-35(46)45-20-32(53-24-51-2)33(21-45)54-25-52-3/h5,7-8,11-12,19,23,27-28,30-34,36,47H,4,6,9-10,13-18,20-22,24-25H2,1-3H3,(H,40,41)(H,42,49)(H,43,48)/t28-,30+,31+,32-,33+,34+,36-/m1/s1. The molecule has 2 saturated heterocycles. The molecule has 4 amide bonds. The second-order valence-electron chi connectivity index (χ2n) is 14.8. The maximum absolute atomic E-state index is 14.3. The van der Waals surface area contributed by atoms with Gasteiger partial charge in [0.15, 0.2) is 0 Å². The van der Waals surface area contributed by atoms with Crippen LogP contribution < -0.4 is 10.6 Å². The number of benzene rings is 1. The number of aromatic amines is 1. The van der Waals surface area contributed by atoms with Gasteiger partial charge in [-0.15, -0.1) is 0 Å². The molecule has 1 aromatic carbocycles. The summed E-state index contributed by atoms with van der Waals surface area (Å²) in [6.07, 6.45) is 5.67. The predicted octanol–water partition coefficient (Wildman–Crippen LogP) is 2.16. The number of nitrogens with zero attached hydrogens (tertiary/aromatic N) is 3. The Balaban J connectivity index is 1.34. The average molecular weight is 771 g/mol. The highest BCUT2D eigenvalue weighted by Gasteiger charge is 2.42. The molecule has 0 bridgehead atoms. The lowest BCUT2D eigenvalue weighted by Crippen LogP contribution is -2.57. The Morgan fingerprint density at radius 1 is 0.964 bits per heavy atom. The van der Waals surface area contributed by atoms with E-state index in [2.05, 4.69) is 20.6 Å². The second kappa shape index (κ2) is 21.3. The molecule has 0 spiro atoms. The van der Waals surface area contributed by atoms with Gasteiger partial charge in [-0.25, -0.2) is 9.78 Å². The monoisotopic (exact) mass is 770 g/mol. The van der Waals surface area contributed by atoms with Crippen molar-refractivity contribution in [1.82, 2.24) is 30.4 Å². The fourth-order valence-electron chi connectivity index (χ4n) is 7.77. The lowest BCUT2D eigenvalue weighted by Gasteiger charge is -2.33. The number of hydrogen-bond acceptors (Lipinski definition) is 11. The Labute approximate surface area is 322 Å². The van der Waals surface area contributed by atoms with Crippen LogP contribution in [-0.2, 0) is 50.9 Å². The van der Waals surface area contributed by atoms with E-state index in [1.165, 1.54) is 25.4 Å². The largest absolute Gasteiger partial charge is 0.441 e. The third-order valence-corrected chi connectivity index (χ3v) is 10.8. The molecule has 3 aliphatic rings. The number of likely N-dealkylation sites (tertiary alicyclic amines) is 1. The molecule has 0 unspecified atom stereocenters. The lowest BCUT2D eigenvalue weighted by atomic mass is 9.83. The number of cyclic esters (lactones) is 1. The Morgan fingerprint density at radius 2 is 1.65 bits per heavy atom. The van der Waals surface area contributed by atoms with Crippen LogP contribution in [0.4, 0.5) is 4.79 Å². The number of likely N-dealkylation sites (N-methyl/N-ethyl adjacent to an activating group) is 1. The van der Waals surface area contributed by atoms with Crippen LogP contribution in [-0.4, -0.2) is 139 Å². The maximum Gasteiger partial charge on any atom is 0.410 e. The zero-order valence-electron chi connectivity index (χ0n) is 32.2. The van der Waals surface area contributed by atoms with Crippen molar-refractivity contribution in [3.63, 3.8) is 0 Å². The predicted molar refractivity (Wildman–Crippen MR) is 199 cm³/mol. The van der Waals surface area contributed by atoms with Crippen LogP contribution in [0.2, 0.25) is 0 Å². The molecule has 2 aliphatic heterocycles. The number of amides is 4. The molecule has 4 N–H and O–H groups in total. The van der Waals surface area contributed by atoms with Crippen LogP contribution in [0.15, 0.2) is 42.9 Å². The topological polar surface area (TPSA) is 194 Å². The smallest absolute Gasteiger partial charge is 0.410 e. The normalized spacial score (nSPS) is 22.5. The fraction of sp³-hybridized carbons (Fsp3) is 0.667. The minimum Gasteiger partial charge on any atom is -0.441 e. The third-order valence-electron chi connectivity index (χ3n) is 10.8. The Morgan fingerprint density at radius 3 is 2.25 bits per heavy atom. The summed E-state index contributed by atoms with van der Waals surface area (Å²) >= 11 is 0. The molecule has 0 radical (unpaired) electrons. The van der Waals surface area contributed by atoms with Gasteiger partial charge in [0.25, 0.3) is 0 Å². The first kappa shape index (κ1) is 42.1. The van der Waals surface area contributed by atoms with Crippen LogP contribution in [0.3, 0.4) is 0 Å². The van der Waals surface area contributed by atoms with Crippen molar-refractivity contribution in [2.75, 3.05) is 54.0 Å². The number of aliphatic hydroxyl groups excluding tert-OH is 1. The number of hydrogen-bond donors (Lipinski definition) is 4. The number of nitrogens with one attached hydrogen (secondary N) is 3. The molecule has 16 nitrogen and oxygen atoms in total. The Hall–Kier alpha value is -4.09. The van der Waals surface area contributed by atoms with Crippen LogP contribution in [0.1, 0.15) is 63.1 Å². The molecule has 2 aromatic rings. The van der Waals surface area contributed by atoms with Crippen LogP contribution >= 0.6 is 0 Å². The third kappa shape index (κ3) is 12.2. The van der Waals surface area contributed by atoms with E-state index in [0.717, 1.165) is 37.7 Å². The van der Waals surface area contributed by atoms with Crippen molar-refractivity contribution < 1.29 is 48.0 Å². The van der Waals surface area contributed by atoms with E-state index in [-0.39, 0.29) is 64.3 Å². The van der Waals surface area contributed by atoms with Crippen molar-refractivity contribution in [2.24, 2.45) is 11.8 Å². The van der Waals surface area contributed by atoms with Crippen LogP contribution in [0.25, 0.3) is 0 Å². The van der Waals surface area contributed by atoms with E-state index in [4.69, 9.17) is 23.7 Å². The highest BCUT2D eigenvalue weighted by atomic mass is 16.7. The zero-order chi connectivity index (χ0) is 39.2. The molecule has 5 rings (SSSR count). The van der Waals surface area contributed by atoms with Crippen LogP contribution in [0.5, 0.6) is 0 Å². The summed E-state index contributed by atoms with van der Waals surface area (Å²) in [5.74, 6) is -1.78. The van der Waals surface area contributed by atoms with Crippen molar-refractivity contribution in [1.29, 1.82) is 0 Å². The Kier molecular flexibility index (Phi) is 16.3. The highest BCUT2D eigenvalue weighted by molar-refractivity contribution is 5.91. The molecular weight excluding hydrogens is 712 g/mol. The number of aromatic nitrogens is 2. The van der Waals surface area contributed by atoms with Crippen molar-refractivity contribution in [3.8, 4) is 0 Å². The summed E-state index contributed by atoms with van der Waals surface area (Å²) < 4.78 is 27.3. The molecule has 1 saturated carbocycles. The van der Waals surface area contributed by atoms with Gasteiger partial charge in [-0.1, -0.05) is 62.4 Å². The van der Waals surface area contributed by atoms with E-state index >= 15 is 0 Å². The molecule has 55 heavy (non-hydrogen) atoms. The first-order valence-electron chi connectivity index (χ1n) is 19.4. The number of imidazole rings is 1. The second-order valence-corrected chi connectivity index (χ2v) is 14.8. The van der Waals surface area contributed by atoms with Gasteiger partial charge < -0.3 is 54.2 Å². The quantitative estimate of drug-likeness (QED) is 0.136. The fourth-order valence-corrected chi connectivity index (χ4v) is 7.77. The molecular formula is C39H58N6O10. The molecule has 3 heterocycles. The van der Waals surface area contributed by atoms with E-state index in [1.54, 1.807) is 11.1 Å². The number of rotatable bonds is 21. The van der Waals surface area contributed by atoms with Gasteiger partial charge in [0, 0.05) is 58.6 Å². The number of ether oxygens (including phenoxy) is 5. The van der Waals surface area contributed by atoms with Crippen LogP contribution in [0, 0.1) is 11.8 Å². The first-order valence-corrected chi connectivity index (χ1v) is 19.4. The molecule has 3 fully saturated rings. The average Bonchev–Trinajstić information content (AvgIpc) is 3.96. The lowest BCUT2D eigenvalue weighted by molar-refractivity contribution is -0.139. The molecule has 1 aromatic heterocycles. The SMILES string of the molecule is CCN1C[C@@H]([C@H](O)[C@H](CC2CCCCC2)NC(=O)[C@H](Cc2cnc[nH]2)NC(=O)[C@@H](CC(=O)N2C[C@H](OCOC)[C@H](OCOC)C2)Cc2ccccc2)OC1=O. The summed E-state index contributed by atoms with van der Waals surface area (Å²) in [5, 5.41) is 17.6. The van der Waals surface area contributed by atoms with Gasteiger partial charge >= 0.3 is 6.09 Å². The van der Waals surface area contributed by atoms with Gasteiger partial charge in [0.1, 0.15) is 44.0 Å². The van der Waals surface area contributed by atoms with Gasteiger partial charge in [0.05, 0.1) is 24.8 Å². The molecule has 304 valence electrons. The number of carbonyl (C=O) groups excluding carboxylic acids is 4. The van der Waals surface area contributed by atoms with Crippen molar-refractivity contribution in [3.05, 3.63) is 54.1 Å². The molecule has 16 heteroatoms. The van der Waals surface area contributed by atoms with Gasteiger partial charge in [-0.2, -0.15) is 0 Å². The zero-order valence-corrected chi connectivity index (χ0v) is 32.2. The number of H-pyrrole nitrogens is 1. The number of carbonyl (C=O) groups is 4. The first-order chi connectivity index (χ1) is 26.7.